The molecule has 0 amide bonds. The lowest BCUT2D eigenvalue weighted by atomic mass is 10.1. The second kappa shape index (κ2) is 6.91. The maximum absolute atomic E-state index is 11.8. The molecule has 1 heterocycles. The van der Waals surface area contributed by atoms with Gasteiger partial charge in [-0.05, 0) is 24.6 Å². The van der Waals surface area contributed by atoms with Crippen LogP contribution in [0.1, 0.15) is 27.9 Å². The summed E-state index contributed by atoms with van der Waals surface area (Å²) >= 11 is 1.37. The highest BCUT2D eigenvalue weighted by Crippen LogP contribution is 2.09. The predicted molar refractivity (Wildman–Crippen MR) is 74.7 cm³/mol. The minimum Gasteiger partial charge on any atom is -0.462 e. The SMILES string of the molecule is CCOC(=O)c1ccc(CC(=O)Cc2nncs2)cc1. The average Bonchev–Trinajstić information content (AvgIpc) is 2.92. The van der Waals surface area contributed by atoms with Crippen LogP contribution in [0, 0.1) is 0 Å². The normalized spacial score (nSPS) is 10.2. The number of carbonyl (C=O) groups is 2. The number of carbonyl (C=O) groups excluding carboxylic acids is 2. The fourth-order valence-electron chi connectivity index (χ4n) is 1.70. The minimum absolute atomic E-state index is 0.0747. The third-order valence-electron chi connectivity index (χ3n) is 2.62. The number of rotatable bonds is 6. The highest BCUT2D eigenvalue weighted by Gasteiger charge is 2.09. The molecule has 0 aliphatic rings. The molecule has 2 rings (SSSR count). The van der Waals surface area contributed by atoms with Crippen molar-refractivity contribution < 1.29 is 14.3 Å². The molecule has 6 heteroatoms. The average molecular weight is 290 g/mol. The maximum Gasteiger partial charge on any atom is 0.338 e. The highest BCUT2D eigenvalue weighted by atomic mass is 32.1. The second-order valence-corrected chi connectivity index (χ2v) is 5.06. The van der Waals surface area contributed by atoms with Crippen LogP contribution in [0.3, 0.4) is 0 Å². The van der Waals surface area contributed by atoms with Crippen molar-refractivity contribution in [3.8, 4) is 0 Å². The van der Waals surface area contributed by atoms with Crippen LogP contribution in [0.15, 0.2) is 29.8 Å². The van der Waals surface area contributed by atoms with Crippen LogP contribution in [-0.2, 0) is 22.4 Å². The van der Waals surface area contributed by atoms with E-state index in [1.165, 1.54) is 11.3 Å². The van der Waals surface area contributed by atoms with Crippen molar-refractivity contribution in [3.63, 3.8) is 0 Å². The van der Waals surface area contributed by atoms with E-state index in [0.29, 0.717) is 25.0 Å². The van der Waals surface area contributed by atoms with E-state index < -0.39 is 0 Å². The molecule has 20 heavy (non-hydrogen) atoms. The Kier molecular flexibility index (Phi) is 4.95. The lowest BCUT2D eigenvalue weighted by molar-refractivity contribution is -0.117. The van der Waals surface area contributed by atoms with Gasteiger partial charge < -0.3 is 4.74 Å². The van der Waals surface area contributed by atoms with Crippen LogP contribution in [-0.4, -0.2) is 28.6 Å². The van der Waals surface area contributed by atoms with E-state index in [1.807, 2.05) is 0 Å². The molecule has 0 saturated carbocycles. The van der Waals surface area contributed by atoms with Crippen LogP contribution in [0.4, 0.5) is 0 Å². The Hall–Kier alpha value is -2.08. The molecular weight excluding hydrogens is 276 g/mol. The molecule has 104 valence electrons. The Morgan fingerprint density at radius 3 is 2.55 bits per heavy atom. The van der Waals surface area contributed by atoms with Crippen molar-refractivity contribution in [2.45, 2.75) is 19.8 Å². The number of Topliss-reactive ketones (excluding diaryl/α,β-unsaturated/α-hetero) is 1. The Labute approximate surface area is 120 Å². The lowest BCUT2D eigenvalue weighted by Gasteiger charge is -2.03. The van der Waals surface area contributed by atoms with Gasteiger partial charge >= 0.3 is 5.97 Å². The zero-order valence-electron chi connectivity index (χ0n) is 11.0. The second-order valence-electron chi connectivity index (χ2n) is 4.14. The molecule has 0 saturated heterocycles. The number of hydrogen-bond donors (Lipinski definition) is 0. The van der Waals surface area contributed by atoms with Gasteiger partial charge in [0.15, 0.2) is 0 Å². The first-order valence-corrected chi connectivity index (χ1v) is 7.10. The standard InChI is InChI=1S/C14H14N2O3S/c1-2-19-14(18)11-5-3-10(4-6-11)7-12(17)8-13-16-15-9-20-13/h3-6,9H,2,7-8H2,1H3. The molecule has 1 aromatic carbocycles. The number of nitrogens with zero attached hydrogens (tertiary/aromatic N) is 2. The van der Waals surface area contributed by atoms with Crippen LogP contribution >= 0.6 is 11.3 Å². The molecule has 0 radical (unpaired) electrons. The number of esters is 1. The van der Waals surface area contributed by atoms with E-state index in [0.717, 1.165) is 10.6 Å². The Bertz CT molecular complexity index is 579. The smallest absolute Gasteiger partial charge is 0.338 e. The quantitative estimate of drug-likeness (QED) is 0.762. The van der Waals surface area contributed by atoms with Gasteiger partial charge in [-0.3, -0.25) is 4.79 Å². The first-order chi connectivity index (χ1) is 9.69. The molecule has 5 nitrogen and oxygen atoms in total. The van der Waals surface area contributed by atoms with E-state index in [9.17, 15) is 9.59 Å². The highest BCUT2D eigenvalue weighted by molar-refractivity contribution is 7.09. The van der Waals surface area contributed by atoms with Crippen LogP contribution in [0.25, 0.3) is 0 Å². The molecule has 0 spiro atoms. The number of ketones is 1. The van der Waals surface area contributed by atoms with Gasteiger partial charge in [0.25, 0.3) is 0 Å². The van der Waals surface area contributed by atoms with Gasteiger partial charge in [-0.25, -0.2) is 4.79 Å². The van der Waals surface area contributed by atoms with Crippen molar-refractivity contribution in [1.82, 2.24) is 10.2 Å². The van der Waals surface area contributed by atoms with E-state index >= 15 is 0 Å². The minimum atomic E-state index is -0.348. The van der Waals surface area contributed by atoms with Crippen molar-refractivity contribution in [2.75, 3.05) is 6.61 Å². The first-order valence-electron chi connectivity index (χ1n) is 6.22. The third kappa shape index (κ3) is 3.96. The summed E-state index contributed by atoms with van der Waals surface area (Å²) in [5.41, 5.74) is 2.97. The molecule has 1 aromatic heterocycles. The summed E-state index contributed by atoms with van der Waals surface area (Å²) < 4.78 is 4.90. The van der Waals surface area contributed by atoms with Crippen LogP contribution < -0.4 is 0 Å². The molecule has 0 aliphatic carbocycles. The summed E-state index contributed by atoms with van der Waals surface area (Å²) in [6.45, 7) is 2.11. The van der Waals surface area contributed by atoms with Gasteiger partial charge in [0, 0.05) is 6.42 Å². The van der Waals surface area contributed by atoms with Gasteiger partial charge in [-0.2, -0.15) is 0 Å². The monoisotopic (exact) mass is 290 g/mol. The summed E-state index contributed by atoms with van der Waals surface area (Å²) in [5, 5.41) is 8.26. The van der Waals surface area contributed by atoms with Gasteiger partial charge in [0.1, 0.15) is 16.3 Å². The zero-order chi connectivity index (χ0) is 14.4. The van der Waals surface area contributed by atoms with E-state index in [2.05, 4.69) is 10.2 Å². The number of hydrogen-bond acceptors (Lipinski definition) is 6. The Balaban J connectivity index is 1.93. The molecule has 2 aromatic rings. The summed E-state index contributed by atoms with van der Waals surface area (Å²) in [7, 11) is 0. The fourth-order valence-corrected chi connectivity index (χ4v) is 2.26. The van der Waals surface area contributed by atoms with Gasteiger partial charge in [0.05, 0.1) is 18.6 Å². The lowest BCUT2D eigenvalue weighted by Crippen LogP contribution is -2.08. The van der Waals surface area contributed by atoms with Gasteiger partial charge in [0.2, 0.25) is 0 Å². The van der Waals surface area contributed by atoms with Crippen molar-refractivity contribution in [1.29, 1.82) is 0 Å². The number of aromatic nitrogens is 2. The Morgan fingerprint density at radius 1 is 1.20 bits per heavy atom. The topological polar surface area (TPSA) is 69.2 Å². The molecule has 0 bridgehead atoms. The third-order valence-corrected chi connectivity index (χ3v) is 3.32. The summed E-state index contributed by atoms with van der Waals surface area (Å²) in [6.07, 6.45) is 0.618. The van der Waals surface area contributed by atoms with E-state index in [-0.39, 0.29) is 11.8 Å². The fraction of sp³-hybridized carbons (Fsp3) is 0.286. The molecule has 0 aliphatic heterocycles. The Morgan fingerprint density at radius 2 is 1.95 bits per heavy atom. The molecule has 0 unspecified atom stereocenters. The first kappa shape index (κ1) is 14.3. The largest absolute Gasteiger partial charge is 0.462 e. The predicted octanol–water partition coefficient (Wildman–Crippen LogP) is 2.07. The summed E-state index contributed by atoms with van der Waals surface area (Å²) in [4.78, 5) is 23.3. The van der Waals surface area contributed by atoms with Gasteiger partial charge in [-0.15, -0.1) is 21.5 Å². The summed E-state index contributed by atoms with van der Waals surface area (Å²) in [6, 6.07) is 6.88. The zero-order valence-corrected chi connectivity index (χ0v) is 11.9. The van der Waals surface area contributed by atoms with Crippen molar-refractivity contribution in [2.24, 2.45) is 0 Å². The van der Waals surface area contributed by atoms with Gasteiger partial charge in [-0.1, -0.05) is 12.1 Å². The molecular formula is C14H14N2O3S. The molecule has 0 N–H and O–H groups in total. The maximum atomic E-state index is 11.8. The van der Waals surface area contributed by atoms with E-state index in [1.54, 1.807) is 36.7 Å². The summed E-state index contributed by atoms with van der Waals surface area (Å²) in [5.74, 6) is -0.273. The van der Waals surface area contributed by atoms with E-state index in [4.69, 9.17) is 4.74 Å². The molecule has 0 atom stereocenters. The number of benzene rings is 1. The number of ether oxygens (including phenoxy) is 1. The van der Waals surface area contributed by atoms with Crippen LogP contribution in [0.2, 0.25) is 0 Å². The molecule has 0 fully saturated rings. The van der Waals surface area contributed by atoms with Crippen molar-refractivity contribution >= 4 is 23.1 Å². The van der Waals surface area contributed by atoms with Crippen LogP contribution in [0.5, 0.6) is 0 Å². The van der Waals surface area contributed by atoms with Crippen molar-refractivity contribution in [3.05, 3.63) is 45.9 Å².